The van der Waals surface area contributed by atoms with Crippen LogP contribution in [0.1, 0.15) is 31.7 Å². The number of carbonyl (C=O) groups excluding carboxylic acids is 1. The maximum Gasteiger partial charge on any atom is 0.148 e. The summed E-state index contributed by atoms with van der Waals surface area (Å²) in [5, 5.41) is 0. The number of benzene rings is 1. The molecule has 130 valence electrons. The third-order valence-corrected chi connectivity index (χ3v) is 7.81. The van der Waals surface area contributed by atoms with Gasteiger partial charge in [-0.2, -0.15) is 0 Å². The number of rotatable bonds is 1. The summed E-state index contributed by atoms with van der Waals surface area (Å²) in [6.07, 6.45) is 6.87. The van der Waals surface area contributed by atoms with Crippen molar-refractivity contribution in [3.05, 3.63) is 52.7 Å². The molecule has 0 aromatic heterocycles. The maximum absolute atomic E-state index is 12.3. The van der Waals surface area contributed by atoms with Gasteiger partial charge in [0.15, 0.2) is 0 Å². The van der Waals surface area contributed by atoms with Gasteiger partial charge in [0.2, 0.25) is 0 Å². The third kappa shape index (κ3) is 1.63. The zero-order valence-corrected chi connectivity index (χ0v) is 15.5. The van der Waals surface area contributed by atoms with Crippen LogP contribution < -0.4 is 4.90 Å². The van der Waals surface area contributed by atoms with Gasteiger partial charge in [0.1, 0.15) is 12.3 Å². The minimum Gasteiger partial charge on any atom is -0.346 e. The molecule has 3 heteroatoms. The summed E-state index contributed by atoms with van der Waals surface area (Å²) in [5.41, 5.74) is 6.64. The molecule has 2 bridgehead atoms. The molecule has 3 aliphatic heterocycles. The average molecular weight is 335 g/mol. The van der Waals surface area contributed by atoms with E-state index in [1.165, 1.54) is 48.3 Å². The van der Waals surface area contributed by atoms with E-state index in [1.807, 2.05) is 0 Å². The molecule has 0 saturated carbocycles. The first-order valence-corrected chi connectivity index (χ1v) is 9.59. The molecule has 2 fully saturated rings. The number of likely N-dealkylation sites (N-methyl/N-ethyl adjacent to an activating group) is 2. The molecular formula is C22H27N2O+. The zero-order valence-electron chi connectivity index (χ0n) is 15.5. The van der Waals surface area contributed by atoms with Crippen LogP contribution in [0, 0.1) is 5.92 Å². The summed E-state index contributed by atoms with van der Waals surface area (Å²) in [7, 11) is 4.63. The molecule has 1 spiro atoms. The Kier molecular flexibility index (Phi) is 2.99. The maximum atomic E-state index is 12.3. The van der Waals surface area contributed by atoms with Gasteiger partial charge in [0.05, 0.1) is 25.6 Å². The van der Waals surface area contributed by atoms with Crippen LogP contribution in [0.4, 0.5) is 5.69 Å². The lowest BCUT2D eigenvalue weighted by Gasteiger charge is -2.45. The van der Waals surface area contributed by atoms with E-state index in [2.05, 4.69) is 56.3 Å². The Morgan fingerprint density at radius 2 is 2.08 bits per heavy atom. The van der Waals surface area contributed by atoms with Crippen molar-refractivity contribution >= 4 is 12.0 Å². The molecule has 4 atom stereocenters. The van der Waals surface area contributed by atoms with Gasteiger partial charge < -0.3 is 9.38 Å². The molecule has 3 heterocycles. The second kappa shape index (κ2) is 4.85. The molecule has 25 heavy (non-hydrogen) atoms. The van der Waals surface area contributed by atoms with Gasteiger partial charge >= 0.3 is 0 Å². The number of hydrogen-bond acceptors (Lipinski definition) is 2. The van der Waals surface area contributed by atoms with Gasteiger partial charge in [0, 0.05) is 49.2 Å². The number of allylic oxidation sites excluding steroid dienone is 2. The Balaban J connectivity index is 1.87. The Labute approximate surface area is 150 Å². The van der Waals surface area contributed by atoms with E-state index in [0.29, 0.717) is 12.0 Å². The molecule has 4 aliphatic rings. The van der Waals surface area contributed by atoms with Crippen molar-refractivity contribution in [1.29, 1.82) is 0 Å². The molecule has 5 rings (SSSR count). The first kappa shape index (κ1) is 15.4. The fraction of sp³-hybridized carbons (Fsp3) is 0.500. The van der Waals surface area contributed by atoms with E-state index >= 15 is 0 Å². The minimum atomic E-state index is 0.0377. The number of para-hydroxylation sites is 1. The van der Waals surface area contributed by atoms with Crippen LogP contribution in [0.15, 0.2) is 47.2 Å². The smallest absolute Gasteiger partial charge is 0.148 e. The van der Waals surface area contributed by atoms with Crippen molar-refractivity contribution in [1.82, 2.24) is 0 Å². The van der Waals surface area contributed by atoms with Crippen molar-refractivity contribution in [2.24, 2.45) is 5.92 Å². The normalized spacial score (nSPS) is 40.1. The van der Waals surface area contributed by atoms with Gasteiger partial charge in [-0.25, -0.2) is 0 Å². The Morgan fingerprint density at radius 1 is 1.28 bits per heavy atom. The highest BCUT2D eigenvalue weighted by Crippen LogP contribution is 2.63. The van der Waals surface area contributed by atoms with E-state index in [1.54, 1.807) is 0 Å². The van der Waals surface area contributed by atoms with E-state index < -0.39 is 0 Å². The number of carbonyl (C=O) groups is 1. The van der Waals surface area contributed by atoms with Crippen LogP contribution in [0.5, 0.6) is 0 Å². The van der Waals surface area contributed by atoms with Crippen LogP contribution in [0.3, 0.4) is 0 Å². The molecule has 2 saturated heterocycles. The Hall–Kier alpha value is -1.87. The van der Waals surface area contributed by atoms with Crippen molar-refractivity contribution in [3.63, 3.8) is 0 Å². The summed E-state index contributed by atoms with van der Waals surface area (Å²) >= 11 is 0. The van der Waals surface area contributed by atoms with Crippen molar-refractivity contribution in [2.75, 3.05) is 32.1 Å². The highest BCUT2D eigenvalue weighted by molar-refractivity contribution is 5.85. The number of fused-ring (bicyclic) bond motifs is 2. The predicted molar refractivity (Wildman–Crippen MR) is 100 cm³/mol. The summed E-state index contributed by atoms with van der Waals surface area (Å²) in [6, 6.07) is 9.43. The SMILES string of the molecule is C/C=C1\CC[N+]2(C)CCC34C(=C(C=O)C1CC32)N(C)c1ccccc14. The van der Waals surface area contributed by atoms with Gasteiger partial charge in [-0.1, -0.05) is 29.8 Å². The molecule has 1 aromatic rings. The second-order valence-electron chi connectivity index (χ2n) is 8.56. The predicted octanol–water partition coefficient (Wildman–Crippen LogP) is 3.42. The quantitative estimate of drug-likeness (QED) is 0.445. The van der Waals surface area contributed by atoms with E-state index in [0.717, 1.165) is 22.9 Å². The lowest BCUT2D eigenvalue weighted by Crippen LogP contribution is -2.56. The van der Waals surface area contributed by atoms with E-state index in [4.69, 9.17) is 0 Å². The number of nitrogens with zero attached hydrogens (tertiary/aromatic N) is 2. The molecule has 3 nitrogen and oxygen atoms in total. The first-order valence-electron chi connectivity index (χ1n) is 9.59. The van der Waals surface area contributed by atoms with Crippen LogP contribution in [0.25, 0.3) is 0 Å². The van der Waals surface area contributed by atoms with Gasteiger partial charge in [0.25, 0.3) is 0 Å². The highest BCUT2D eigenvalue weighted by Gasteiger charge is 2.66. The molecule has 4 unspecified atom stereocenters. The van der Waals surface area contributed by atoms with E-state index in [9.17, 15) is 4.79 Å². The summed E-state index contributed by atoms with van der Waals surface area (Å²) < 4.78 is 1.16. The molecule has 0 N–H and O–H groups in total. The third-order valence-electron chi connectivity index (χ3n) is 7.81. The molecular weight excluding hydrogens is 308 g/mol. The van der Waals surface area contributed by atoms with Crippen molar-refractivity contribution in [3.8, 4) is 0 Å². The van der Waals surface area contributed by atoms with E-state index in [-0.39, 0.29) is 5.41 Å². The lowest BCUT2D eigenvalue weighted by atomic mass is 9.63. The zero-order chi connectivity index (χ0) is 17.4. The fourth-order valence-corrected chi connectivity index (χ4v) is 6.65. The first-order chi connectivity index (χ1) is 12.1. The molecule has 0 radical (unpaired) electrons. The number of quaternary nitrogens is 1. The summed E-state index contributed by atoms with van der Waals surface area (Å²) in [6.45, 7) is 4.56. The van der Waals surface area contributed by atoms with Gasteiger partial charge in [-0.15, -0.1) is 0 Å². The van der Waals surface area contributed by atoms with Gasteiger partial charge in [-0.3, -0.25) is 4.79 Å². The van der Waals surface area contributed by atoms with Crippen LogP contribution in [0.2, 0.25) is 0 Å². The molecule has 0 amide bonds. The number of hydrogen-bond donors (Lipinski definition) is 0. The standard InChI is InChI=1S/C22H27N2O/c1-4-15-9-11-24(3)12-10-22-18-7-5-6-8-19(18)23(2)21(22)17(14-25)16(15)13-20(22)24/h4-8,14,16,20H,9-13H2,1-3H3/q+1/b15-4+. The monoisotopic (exact) mass is 335 g/mol. The van der Waals surface area contributed by atoms with Crippen molar-refractivity contribution in [2.45, 2.75) is 37.6 Å². The average Bonchev–Trinajstić information content (AvgIpc) is 3.02. The lowest BCUT2D eigenvalue weighted by molar-refractivity contribution is -0.922. The second-order valence-corrected chi connectivity index (χ2v) is 8.56. The molecule has 1 aromatic carbocycles. The Morgan fingerprint density at radius 3 is 2.84 bits per heavy atom. The number of anilines is 1. The summed E-state index contributed by atoms with van der Waals surface area (Å²) in [4.78, 5) is 14.6. The topological polar surface area (TPSA) is 20.3 Å². The minimum absolute atomic E-state index is 0.0377. The number of aldehydes is 1. The summed E-state index contributed by atoms with van der Waals surface area (Å²) in [5.74, 6) is 0.311. The Bertz CT molecular complexity index is 838. The van der Waals surface area contributed by atoms with Crippen LogP contribution in [-0.4, -0.2) is 44.0 Å². The van der Waals surface area contributed by atoms with Gasteiger partial charge in [-0.05, 0) is 18.6 Å². The van der Waals surface area contributed by atoms with Crippen LogP contribution in [-0.2, 0) is 10.2 Å². The van der Waals surface area contributed by atoms with Crippen LogP contribution >= 0.6 is 0 Å². The largest absolute Gasteiger partial charge is 0.346 e. The molecule has 1 aliphatic carbocycles. The fourth-order valence-electron chi connectivity index (χ4n) is 6.65. The highest BCUT2D eigenvalue weighted by atomic mass is 16.1. The van der Waals surface area contributed by atoms with Crippen molar-refractivity contribution < 1.29 is 9.28 Å².